The third kappa shape index (κ3) is 2.21. The highest BCUT2D eigenvalue weighted by molar-refractivity contribution is 9.10. The summed E-state index contributed by atoms with van der Waals surface area (Å²) in [4.78, 5) is 1.39. The zero-order chi connectivity index (χ0) is 12.8. The molecule has 2 nitrogen and oxygen atoms in total. The molecule has 1 aliphatic carbocycles. The second kappa shape index (κ2) is 4.34. The van der Waals surface area contributed by atoms with Gasteiger partial charge in [0.05, 0.1) is 0 Å². The van der Waals surface area contributed by atoms with Crippen LogP contribution in [-0.4, -0.2) is 6.04 Å². The standard InChI is InChI=1S/C13H21BrN2S/c1-12(2)11(13(12,3)4)10(16-15)6-9-5-8(14)7-17-9/h5,7,10-11,16H,6,15H2,1-4H3. The van der Waals surface area contributed by atoms with Gasteiger partial charge >= 0.3 is 0 Å². The van der Waals surface area contributed by atoms with E-state index >= 15 is 0 Å². The normalized spacial score (nSPS) is 23.6. The predicted octanol–water partition coefficient (Wildman–Crippen LogP) is 3.57. The first-order valence-corrected chi connectivity index (χ1v) is 7.67. The lowest BCUT2D eigenvalue weighted by molar-refractivity contribution is 0.404. The first-order valence-electron chi connectivity index (χ1n) is 5.99. The van der Waals surface area contributed by atoms with Crippen molar-refractivity contribution in [2.75, 3.05) is 0 Å². The lowest BCUT2D eigenvalue weighted by Crippen LogP contribution is -2.40. The fourth-order valence-corrected chi connectivity index (χ4v) is 4.72. The molecule has 2 rings (SSSR count). The molecule has 1 saturated carbocycles. The van der Waals surface area contributed by atoms with E-state index in [1.807, 2.05) is 0 Å². The Labute approximate surface area is 116 Å². The van der Waals surface area contributed by atoms with E-state index in [1.165, 1.54) is 9.35 Å². The van der Waals surface area contributed by atoms with Crippen molar-refractivity contribution in [3.63, 3.8) is 0 Å². The smallest absolute Gasteiger partial charge is 0.0297 e. The van der Waals surface area contributed by atoms with Gasteiger partial charge in [0.15, 0.2) is 0 Å². The first kappa shape index (κ1) is 13.5. The molecule has 3 N–H and O–H groups in total. The number of hydrazine groups is 1. The van der Waals surface area contributed by atoms with Crippen molar-refractivity contribution in [1.29, 1.82) is 0 Å². The molecule has 1 fully saturated rings. The number of rotatable bonds is 4. The van der Waals surface area contributed by atoms with E-state index in [9.17, 15) is 0 Å². The first-order chi connectivity index (χ1) is 7.80. The summed E-state index contributed by atoms with van der Waals surface area (Å²) in [5.41, 5.74) is 3.77. The van der Waals surface area contributed by atoms with Crippen molar-refractivity contribution in [1.82, 2.24) is 5.43 Å². The molecule has 1 aromatic rings. The van der Waals surface area contributed by atoms with Gasteiger partial charge in [0.1, 0.15) is 0 Å². The monoisotopic (exact) mass is 316 g/mol. The SMILES string of the molecule is CC1(C)C(C(Cc2cc(Br)cs2)NN)C1(C)C. The highest BCUT2D eigenvalue weighted by Crippen LogP contribution is 2.69. The lowest BCUT2D eigenvalue weighted by Gasteiger charge is -2.17. The van der Waals surface area contributed by atoms with Crippen molar-refractivity contribution in [2.24, 2.45) is 22.6 Å². The summed E-state index contributed by atoms with van der Waals surface area (Å²) in [6, 6.07) is 2.56. The number of nitrogens with two attached hydrogens (primary N) is 1. The van der Waals surface area contributed by atoms with Gasteiger partial charge in [-0.2, -0.15) is 0 Å². The van der Waals surface area contributed by atoms with E-state index in [1.54, 1.807) is 11.3 Å². The molecule has 0 radical (unpaired) electrons. The van der Waals surface area contributed by atoms with Gasteiger partial charge in [-0.15, -0.1) is 11.3 Å². The number of nitrogens with one attached hydrogen (secondary N) is 1. The molecule has 96 valence electrons. The van der Waals surface area contributed by atoms with Crippen LogP contribution in [-0.2, 0) is 6.42 Å². The van der Waals surface area contributed by atoms with Crippen molar-refractivity contribution in [2.45, 2.75) is 40.2 Å². The molecule has 0 amide bonds. The average molecular weight is 317 g/mol. The lowest BCUT2D eigenvalue weighted by atomic mass is 10.0. The second-order valence-electron chi connectivity index (χ2n) is 6.13. The summed E-state index contributed by atoms with van der Waals surface area (Å²) in [7, 11) is 0. The quantitative estimate of drug-likeness (QED) is 0.658. The fraction of sp³-hybridized carbons (Fsp3) is 0.692. The highest BCUT2D eigenvalue weighted by atomic mass is 79.9. The minimum absolute atomic E-state index is 0.366. The molecule has 0 saturated heterocycles. The van der Waals surface area contributed by atoms with Crippen molar-refractivity contribution in [3.05, 3.63) is 20.8 Å². The van der Waals surface area contributed by atoms with Crippen molar-refractivity contribution in [3.8, 4) is 0 Å². The maximum absolute atomic E-state index is 5.75. The Hall–Kier alpha value is 0.1000. The Morgan fingerprint density at radius 2 is 2.00 bits per heavy atom. The molecule has 0 aromatic carbocycles. The van der Waals surface area contributed by atoms with Crippen LogP contribution in [0, 0.1) is 16.7 Å². The van der Waals surface area contributed by atoms with Crippen LogP contribution in [0.5, 0.6) is 0 Å². The topological polar surface area (TPSA) is 38.0 Å². The van der Waals surface area contributed by atoms with Crippen LogP contribution < -0.4 is 11.3 Å². The molecule has 0 aliphatic heterocycles. The summed E-state index contributed by atoms with van der Waals surface area (Å²) >= 11 is 5.30. The van der Waals surface area contributed by atoms with Crippen molar-refractivity contribution < 1.29 is 0 Å². The van der Waals surface area contributed by atoms with E-state index in [-0.39, 0.29) is 0 Å². The molecule has 1 aromatic heterocycles. The van der Waals surface area contributed by atoms with Gasteiger partial charge in [0, 0.05) is 20.8 Å². The molecular weight excluding hydrogens is 296 g/mol. The molecule has 17 heavy (non-hydrogen) atoms. The summed E-state index contributed by atoms with van der Waals surface area (Å²) in [5, 5.41) is 2.13. The number of thiophene rings is 1. The molecule has 0 bridgehead atoms. The van der Waals surface area contributed by atoms with Gasteiger partial charge in [0.2, 0.25) is 0 Å². The molecule has 0 spiro atoms. The van der Waals surface area contributed by atoms with Gasteiger partial charge in [-0.05, 0) is 45.2 Å². The summed E-state index contributed by atoms with van der Waals surface area (Å²) in [6.07, 6.45) is 1.02. The molecular formula is C13H21BrN2S. The van der Waals surface area contributed by atoms with Gasteiger partial charge in [-0.25, -0.2) is 0 Å². The van der Waals surface area contributed by atoms with E-state index in [2.05, 4.69) is 60.5 Å². The van der Waals surface area contributed by atoms with Gasteiger partial charge in [-0.3, -0.25) is 11.3 Å². The van der Waals surface area contributed by atoms with Crippen LogP contribution in [0.4, 0.5) is 0 Å². The Bertz CT molecular complexity index is 397. The second-order valence-corrected chi connectivity index (χ2v) is 8.04. The van der Waals surface area contributed by atoms with Crippen LogP contribution in [0.25, 0.3) is 0 Å². The van der Waals surface area contributed by atoms with Crippen molar-refractivity contribution >= 4 is 27.3 Å². The predicted molar refractivity (Wildman–Crippen MR) is 77.9 cm³/mol. The Morgan fingerprint density at radius 3 is 2.35 bits per heavy atom. The number of hydrogen-bond donors (Lipinski definition) is 2. The molecule has 1 aliphatic rings. The van der Waals surface area contributed by atoms with Gasteiger partial charge in [0.25, 0.3) is 0 Å². The zero-order valence-electron chi connectivity index (χ0n) is 10.9. The van der Waals surface area contributed by atoms with Crippen LogP contribution in [0.1, 0.15) is 32.6 Å². The van der Waals surface area contributed by atoms with E-state index in [4.69, 9.17) is 5.84 Å². The summed E-state index contributed by atoms with van der Waals surface area (Å²) in [5.74, 6) is 6.39. The molecule has 1 unspecified atom stereocenters. The third-order valence-electron chi connectivity index (χ3n) is 4.79. The zero-order valence-corrected chi connectivity index (χ0v) is 13.3. The van der Waals surface area contributed by atoms with E-state index in [0.717, 1.165) is 6.42 Å². The van der Waals surface area contributed by atoms with Gasteiger partial charge in [-0.1, -0.05) is 27.7 Å². The maximum atomic E-state index is 5.75. The minimum Gasteiger partial charge on any atom is -0.271 e. The van der Waals surface area contributed by atoms with Crippen LogP contribution in [0.2, 0.25) is 0 Å². The largest absolute Gasteiger partial charge is 0.271 e. The van der Waals surface area contributed by atoms with Crippen LogP contribution in [0.3, 0.4) is 0 Å². The fourth-order valence-electron chi connectivity index (χ4n) is 3.20. The van der Waals surface area contributed by atoms with Crippen LogP contribution in [0.15, 0.2) is 15.9 Å². The number of halogens is 1. The van der Waals surface area contributed by atoms with E-state index in [0.29, 0.717) is 22.8 Å². The number of hydrogen-bond acceptors (Lipinski definition) is 3. The summed E-state index contributed by atoms with van der Waals surface area (Å²) < 4.78 is 1.17. The molecule has 1 heterocycles. The Balaban J connectivity index is 2.09. The molecule has 4 heteroatoms. The minimum atomic E-state index is 0.366. The molecule has 1 atom stereocenters. The third-order valence-corrected chi connectivity index (χ3v) is 6.51. The maximum Gasteiger partial charge on any atom is 0.0297 e. The Morgan fingerprint density at radius 1 is 1.41 bits per heavy atom. The highest BCUT2D eigenvalue weighted by Gasteiger charge is 2.66. The Kier molecular flexibility index (Phi) is 3.45. The summed E-state index contributed by atoms with van der Waals surface area (Å²) in [6.45, 7) is 9.36. The van der Waals surface area contributed by atoms with E-state index < -0.39 is 0 Å². The van der Waals surface area contributed by atoms with Crippen LogP contribution >= 0.6 is 27.3 Å². The van der Waals surface area contributed by atoms with Gasteiger partial charge < -0.3 is 0 Å². The average Bonchev–Trinajstić information content (AvgIpc) is 2.55.